The van der Waals surface area contributed by atoms with Gasteiger partial charge in [0.1, 0.15) is 5.69 Å². The Balaban J connectivity index is 2.38. The molecule has 0 bridgehead atoms. The number of rotatable bonds is 2. The van der Waals surface area contributed by atoms with Crippen molar-refractivity contribution >= 4 is 50.3 Å². The standard InChI is InChI=1S/C8H4BrF2N3S2/c9-3-1-4(10)6(5(11)2-3)12-7-13-14-8(15)16-7/h1-2H,(H,12,13)(H,14,15). The molecule has 0 unspecified atom stereocenters. The summed E-state index contributed by atoms with van der Waals surface area (Å²) in [6, 6.07) is 2.33. The average molecular weight is 324 g/mol. The van der Waals surface area contributed by atoms with Crippen molar-refractivity contribution in [3.8, 4) is 0 Å². The third-order valence-electron chi connectivity index (χ3n) is 1.68. The summed E-state index contributed by atoms with van der Waals surface area (Å²) in [7, 11) is 0. The highest BCUT2D eigenvalue weighted by molar-refractivity contribution is 9.10. The Morgan fingerprint density at radius 3 is 2.50 bits per heavy atom. The third kappa shape index (κ3) is 2.45. The number of aromatic nitrogens is 2. The molecule has 0 saturated heterocycles. The summed E-state index contributed by atoms with van der Waals surface area (Å²) in [5.74, 6) is -1.40. The second kappa shape index (κ2) is 4.56. The van der Waals surface area contributed by atoms with E-state index < -0.39 is 11.6 Å². The van der Waals surface area contributed by atoms with Crippen LogP contribution in [0.4, 0.5) is 19.6 Å². The second-order valence-electron chi connectivity index (χ2n) is 2.79. The Bertz CT molecular complexity index is 558. The number of H-pyrrole nitrogens is 1. The minimum Gasteiger partial charge on any atom is -0.325 e. The third-order valence-corrected chi connectivity index (χ3v) is 3.14. The van der Waals surface area contributed by atoms with E-state index >= 15 is 0 Å². The normalized spacial score (nSPS) is 10.4. The first-order valence-corrected chi connectivity index (χ1v) is 6.05. The summed E-state index contributed by atoms with van der Waals surface area (Å²) in [4.78, 5) is 0. The molecular formula is C8H4BrF2N3S2. The molecule has 0 fully saturated rings. The molecule has 2 aromatic rings. The van der Waals surface area contributed by atoms with Gasteiger partial charge in [-0.1, -0.05) is 27.3 Å². The topological polar surface area (TPSA) is 40.7 Å². The lowest BCUT2D eigenvalue weighted by Crippen LogP contribution is -1.97. The van der Waals surface area contributed by atoms with E-state index in [1.54, 1.807) is 0 Å². The summed E-state index contributed by atoms with van der Waals surface area (Å²) in [5.41, 5.74) is -0.249. The molecule has 0 aliphatic rings. The molecule has 16 heavy (non-hydrogen) atoms. The van der Waals surface area contributed by atoms with Gasteiger partial charge < -0.3 is 5.32 Å². The van der Waals surface area contributed by atoms with Crippen molar-refractivity contribution in [1.29, 1.82) is 0 Å². The molecular weight excluding hydrogens is 320 g/mol. The van der Waals surface area contributed by atoms with Gasteiger partial charge in [0, 0.05) is 4.47 Å². The maximum Gasteiger partial charge on any atom is 0.208 e. The number of hydrogen-bond acceptors (Lipinski definition) is 4. The number of aromatic amines is 1. The maximum absolute atomic E-state index is 13.4. The lowest BCUT2D eigenvalue weighted by Gasteiger charge is -2.05. The number of anilines is 2. The smallest absolute Gasteiger partial charge is 0.208 e. The molecule has 3 nitrogen and oxygen atoms in total. The van der Waals surface area contributed by atoms with Crippen LogP contribution in [0.1, 0.15) is 0 Å². The molecule has 8 heteroatoms. The second-order valence-corrected chi connectivity index (χ2v) is 5.37. The highest BCUT2D eigenvalue weighted by Gasteiger charge is 2.11. The Kier molecular flexibility index (Phi) is 3.31. The van der Waals surface area contributed by atoms with E-state index in [1.165, 1.54) is 0 Å². The summed E-state index contributed by atoms with van der Waals surface area (Å²) in [5, 5.41) is 9.09. The fourth-order valence-electron chi connectivity index (χ4n) is 1.05. The number of nitrogens with one attached hydrogen (secondary N) is 2. The number of nitrogens with zero attached hydrogens (tertiary/aromatic N) is 1. The molecule has 0 aliphatic heterocycles. The Morgan fingerprint density at radius 2 is 2.00 bits per heavy atom. The molecule has 1 aromatic carbocycles. The Labute approximate surface area is 107 Å². The van der Waals surface area contributed by atoms with Crippen molar-refractivity contribution in [1.82, 2.24) is 10.2 Å². The van der Waals surface area contributed by atoms with E-state index in [0.717, 1.165) is 23.5 Å². The molecule has 0 aliphatic carbocycles. The van der Waals surface area contributed by atoms with Crippen molar-refractivity contribution in [3.63, 3.8) is 0 Å². The van der Waals surface area contributed by atoms with Crippen LogP contribution in [0.3, 0.4) is 0 Å². The number of halogens is 3. The van der Waals surface area contributed by atoms with Gasteiger partial charge >= 0.3 is 0 Å². The first-order valence-electron chi connectivity index (χ1n) is 4.03. The molecule has 2 rings (SSSR count). The Morgan fingerprint density at radius 1 is 1.38 bits per heavy atom. The van der Waals surface area contributed by atoms with Gasteiger partial charge in [-0.15, -0.1) is 5.10 Å². The van der Waals surface area contributed by atoms with Crippen LogP contribution in [0, 0.1) is 15.6 Å². The predicted octanol–water partition coefficient (Wildman–Crippen LogP) is 3.98. The van der Waals surface area contributed by atoms with Crippen LogP contribution in [0.2, 0.25) is 0 Å². The van der Waals surface area contributed by atoms with Crippen molar-refractivity contribution in [2.45, 2.75) is 0 Å². The zero-order chi connectivity index (χ0) is 11.7. The maximum atomic E-state index is 13.4. The molecule has 1 aromatic heterocycles. The van der Waals surface area contributed by atoms with Crippen LogP contribution in [-0.4, -0.2) is 10.2 Å². The molecule has 0 spiro atoms. The van der Waals surface area contributed by atoms with Crippen molar-refractivity contribution < 1.29 is 8.78 Å². The summed E-state index contributed by atoms with van der Waals surface area (Å²) >= 11 is 8.89. The van der Waals surface area contributed by atoms with Gasteiger partial charge in [-0.3, -0.25) is 5.10 Å². The molecule has 84 valence electrons. The van der Waals surface area contributed by atoms with Gasteiger partial charge in [0.2, 0.25) is 5.13 Å². The van der Waals surface area contributed by atoms with Crippen LogP contribution >= 0.6 is 39.5 Å². The van der Waals surface area contributed by atoms with E-state index in [2.05, 4.69) is 31.4 Å². The quantitative estimate of drug-likeness (QED) is 0.821. The predicted molar refractivity (Wildman–Crippen MR) is 64.6 cm³/mol. The molecule has 0 radical (unpaired) electrons. The van der Waals surface area contributed by atoms with E-state index in [1.807, 2.05) is 0 Å². The van der Waals surface area contributed by atoms with Crippen molar-refractivity contribution in [3.05, 3.63) is 32.2 Å². The highest BCUT2D eigenvalue weighted by atomic mass is 79.9. The van der Waals surface area contributed by atoms with Crippen molar-refractivity contribution in [2.24, 2.45) is 0 Å². The number of hydrogen-bond donors (Lipinski definition) is 2. The van der Waals surface area contributed by atoms with Gasteiger partial charge in [-0.2, -0.15) is 0 Å². The van der Waals surface area contributed by atoms with E-state index in [9.17, 15) is 8.78 Å². The van der Waals surface area contributed by atoms with Crippen LogP contribution in [0.25, 0.3) is 0 Å². The van der Waals surface area contributed by atoms with Crippen LogP contribution < -0.4 is 5.32 Å². The lowest BCUT2D eigenvalue weighted by molar-refractivity contribution is 0.589. The average Bonchev–Trinajstić information content (AvgIpc) is 2.58. The first kappa shape index (κ1) is 11.6. The molecule has 0 atom stereocenters. The zero-order valence-corrected chi connectivity index (χ0v) is 10.8. The van der Waals surface area contributed by atoms with Gasteiger partial charge in [-0.25, -0.2) is 8.78 Å². The fraction of sp³-hybridized carbons (Fsp3) is 0. The minimum atomic E-state index is -0.701. The van der Waals surface area contributed by atoms with E-state index in [4.69, 9.17) is 12.2 Å². The molecule has 2 N–H and O–H groups in total. The molecule has 0 amide bonds. The Hall–Kier alpha value is -0.860. The van der Waals surface area contributed by atoms with Crippen LogP contribution in [0.5, 0.6) is 0 Å². The lowest BCUT2D eigenvalue weighted by atomic mass is 10.3. The van der Waals surface area contributed by atoms with Gasteiger partial charge in [-0.05, 0) is 24.4 Å². The van der Waals surface area contributed by atoms with Gasteiger partial charge in [0.25, 0.3) is 0 Å². The van der Waals surface area contributed by atoms with Gasteiger partial charge in [0.15, 0.2) is 15.6 Å². The number of benzene rings is 1. The fourth-order valence-corrected chi connectivity index (χ4v) is 2.25. The highest BCUT2D eigenvalue weighted by Crippen LogP contribution is 2.27. The minimum absolute atomic E-state index is 0.249. The van der Waals surface area contributed by atoms with Crippen LogP contribution in [-0.2, 0) is 0 Å². The zero-order valence-electron chi connectivity index (χ0n) is 7.55. The van der Waals surface area contributed by atoms with E-state index in [-0.39, 0.29) is 5.69 Å². The first-order chi connectivity index (χ1) is 7.56. The van der Waals surface area contributed by atoms with Crippen LogP contribution in [0.15, 0.2) is 16.6 Å². The summed E-state index contributed by atoms with van der Waals surface area (Å²) in [6.45, 7) is 0. The monoisotopic (exact) mass is 323 g/mol. The van der Waals surface area contributed by atoms with Gasteiger partial charge in [0.05, 0.1) is 0 Å². The largest absolute Gasteiger partial charge is 0.325 e. The van der Waals surface area contributed by atoms with E-state index in [0.29, 0.717) is 13.6 Å². The van der Waals surface area contributed by atoms with Crippen molar-refractivity contribution in [2.75, 3.05) is 5.32 Å². The summed E-state index contributed by atoms with van der Waals surface area (Å²) in [6.07, 6.45) is 0. The molecule has 1 heterocycles. The molecule has 0 saturated carbocycles. The summed E-state index contributed by atoms with van der Waals surface area (Å²) < 4.78 is 27.6. The SMILES string of the molecule is Fc1cc(Br)cc(F)c1Nc1n[nH]c(=S)s1.